The number of nitrogens with one attached hydrogen (secondary N) is 1. The summed E-state index contributed by atoms with van der Waals surface area (Å²) in [5.41, 5.74) is 4.60. The molecule has 4 aromatic rings. The molecule has 0 spiro atoms. The Balaban J connectivity index is 1.12. The van der Waals surface area contributed by atoms with E-state index in [1.165, 1.54) is 11.1 Å². The van der Waals surface area contributed by atoms with Gasteiger partial charge in [0.2, 0.25) is 0 Å². The summed E-state index contributed by atoms with van der Waals surface area (Å²) in [7, 11) is 2.19. The van der Waals surface area contributed by atoms with Crippen LogP contribution in [0.15, 0.2) is 89.7 Å². The Bertz CT molecular complexity index is 1480. The Morgan fingerprint density at radius 1 is 0.786 bits per heavy atom. The highest BCUT2D eigenvalue weighted by Gasteiger charge is 2.27. The fourth-order valence-electron chi connectivity index (χ4n) is 6.52. The highest BCUT2D eigenvalue weighted by atomic mass is 32.1. The number of hydrogen-bond acceptors (Lipinski definition) is 4. The van der Waals surface area contributed by atoms with Gasteiger partial charge < -0.3 is 20.0 Å². The second-order valence-corrected chi connectivity index (χ2v) is 12.1. The van der Waals surface area contributed by atoms with Crippen molar-refractivity contribution in [2.45, 2.75) is 37.9 Å². The van der Waals surface area contributed by atoms with Crippen LogP contribution in [0.3, 0.4) is 0 Å². The molecule has 0 atom stereocenters. The average Bonchev–Trinajstić information content (AvgIpc) is 3.32. The average molecular weight is 583 g/mol. The molecule has 3 aromatic carbocycles. The first-order valence-corrected chi connectivity index (χ1v) is 15.8. The van der Waals surface area contributed by atoms with E-state index in [0.717, 1.165) is 87.8 Å². The van der Waals surface area contributed by atoms with E-state index in [4.69, 9.17) is 12.2 Å². The first-order chi connectivity index (χ1) is 20.6. The quantitative estimate of drug-likeness (QED) is 0.303. The number of thiocarbonyl (C=S) groups is 1. The number of likely N-dealkylation sites (N-methyl/N-ethyl adjacent to an activating group) is 1. The molecule has 0 saturated carbocycles. The molecule has 0 amide bonds. The van der Waals surface area contributed by atoms with Crippen molar-refractivity contribution in [1.82, 2.24) is 29.2 Å². The standard InChI is InChI=1S/C34H42N6OS/c1-36-23-25-37(26-24-36)19-10-20-39-30-15-8-9-16-31(30)40(34(39)41)29-17-21-38(22-18-29)33(42)35-32(27-11-4-2-5-12-27)28-13-6-3-7-14-28/h2-9,11-16,29,32H,10,17-26H2,1H3,(H,35,42). The number of para-hydroxylation sites is 2. The molecule has 2 fully saturated rings. The Hall–Kier alpha value is -3.46. The molecule has 3 heterocycles. The van der Waals surface area contributed by atoms with Gasteiger partial charge in [0, 0.05) is 51.9 Å². The Kier molecular flexibility index (Phi) is 9.03. The van der Waals surface area contributed by atoms with Gasteiger partial charge in [-0.15, -0.1) is 0 Å². The topological polar surface area (TPSA) is 48.7 Å². The van der Waals surface area contributed by atoms with E-state index in [1.807, 2.05) is 28.8 Å². The van der Waals surface area contributed by atoms with E-state index < -0.39 is 0 Å². The number of benzene rings is 3. The maximum atomic E-state index is 13.8. The lowest BCUT2D eigenvalue weighted by atomic mass is 9.99. The maximum Gasteiger partial charge on any atom is 0.329 e. The minimum atomic E-state index is -0.0101. The third-order valence-electron chi connectivity index (χ3n) is 8.97. The minimum Gasteiger partial charge on any atom is -0.352 e. The first-order valence-electron chi connectivity index (χ1n) is 15.3. The predicted octanol–water partition coefficient (Wildman–Crippen LogP) is 4.74. The summed E-state index contributed by atoms with van der Waals surface area (Å²) in [6, 6.07) is 29.4. The molecular formula is C34H42N6OS. The van der Waals surface area contributed by atoms with Gasteiger partial charge >= 0.3 is 5.69 Å². The number of imidazole rings is 1. The fraction of sp³-hybridized carbons (Fsp3) is 0.412. The van der Waals surface area contributed by atoms with Crippen LogP contribution in [-0.2, 0) is 6.54 Å². The van der Waals surface area contributed by atoms with Crippen LogP contribution in [0.25, 0.3) is 11.0 Å². The molecule has 0 aliphatic carbocycles. The van der Waals surface area contributed by atoms with Crippen molar-refractivity contribution < 1.29 is 0 Å². The van der Waals surface area contributed by atoms with Gasteiger partial charge in [-0.1, -0.05) is 72.8 Å². The Morgan fingerprint density at radius 2 is 1.36 bits per heavy atom. The normalized spacial score (nSPS) is 17.2. The minimum absolute atomic E-state index is 0.0101. The predicted molar refractivity (Wildman–Crippen MR) is 175 cm³/mol. The van der Waals surface area contributed by atoms with Gasteiger partial charge in [0.05, 0.1) is 17.1 Å². The molecule has 220 valence electrons. The van der Waals surface area contributed by atoms with Crippen molar-refractivity contribution >= 4 is 28.4 Å². The zero-order valence-electron chi connectivity index (χ0n) is 24.6. The molecule has 8 heteroatoms. The maximum absolute atomic E-state index is 13.8. The van der Waals surface area contributed by atoms with E-state index in [2.05, 4.69) is 92.3 Å². The lowest BCUT2D eigenvalue weighted by Crippen LogP contribution is -2.46. The summed E-state index contributed by atoms with van der Waals surface area (Å²) < 4.78 is 4.07. The third kappa shape index (κ3) is 6.31. The van der Waals surface area contributed by atoms with Gasteiger partial charge in [-0.25, -0.2) is 4.79 Å². The first kappa shape index (κ1) is 28.6. The Morgan fingerprint density at radius 3 is 1.98 bits per heavy atom. The second kappa shape index (κ2) is 13.2. The number of piperidine rings is 1. The zero-order chi connectivity index (χ0) is 28.9. The number of aryl methyl sites for hydroxylation is 1. The van der Waals surface area contributed by atoms with Crippen LogP contribution in [0.2, 0.25) is 0 Å². The lowest BCUT2D eigenvalue weighted by molar-refractivity contribution is 0.151. The van der Waals surface area contributed by atoms with Crippen molar-refractivity contribution in [3.05, 3.63) is 107 Å². The molecule has 2 aliphatic heterocycles. The van der Waals surface area contributed by atoms with Crippen molar-refractivity contribution in [1.29, 1.82) is 0 Å². The molecule has 0 bridgehead atoms. The number of piperazine rings is 1. The fourth-order valence-corrected chi connectivity index (χ4v) is 6.82. The smallest absolute Gasteiger partial charge is 0.329 e. The van der Waals surface area contributed by atoms with Crippen LogP contribution in [0.1, 0.15) is 42.5 Å². The van der Waals surface area contributed by atoms with Gasteiger partial charge in [0.25, 0.3) is 0 Å². The lowest BCUT2D eigenvalue weighted by Gasteiger charge is -2.35. The number of aromatic nitrogens is 2. The van der Waals surface area contributed by atoms with Crippen LogP contribution in [0.5, 0.6) is 0 Å². The number of fused-ring (bicyclic) bond motifs is 1. The Labute approximate surface area is 254 Å². The molecule has 2 saturated heterocycles. The zero-order valence-corrected chi connectivity index (χ0v) is 25.4. The van der Waals surface area contributed by atoms with Crippen molar-refractivity contribution in [3.63, 3.8) is 0 Å². The van der Waals surface area contributed by atoms with Crippen LogP contribution in [0.4, 0.5) is 0 Å². The molecular weight excluding hydrogens is 540 g/mol. The molecule has 7 nitrogen and oxygen atoms in total. The van der Waals surface area contributed by atoms with Crippen molar-refractivity contribution in [3.8, 4) is 0 Å². The molecule has 0 radical (unpaired) electrons. The second-order valence-electron chi connectivity index (χ2n) is 11.7. The van der Waals surface area contributed by atoms with E-state index in [9.17, 15) is 4.79 Å². The van der Waals surface area contributed by atoms with E-state index in [1.54, 1.807) is 0 Å². The largest absolute Gasteiger partial charge is 0.352 e. The summed E-state index contributed by atoms with van der Waals surface area (Å²) in [5, 5.41) is 4.42. The molecule has 1 N–H and O–H groups in total. The van der Waals surface area contributed by atoms with Crippen LogP contribution < -0.4 is 11.0 Å². The summed E-state index contributed by atoms with van der Waals surface area (Å²) >= 11 is 5.96. The molecule has 2 aliphatic rings. The molecule has 0 unspecified atom stereocenters. The third-order valence-corrected chi connectivity index (χ3v) is 9.35. The number of nitrogens with zero attached hydrogens (tertiary/aromatic N) is 5. The molecule has 1 aromatic heterocycles. The molecule has 6 rings (SSSR count). The van der Waals surface area contributed by atoms with E-state index >= 15 is 0 Å². The number of hydrogen-bond donors (Lipinski definition) is 1. The van der Waals surface area contributed by atoms with Crippen LogP contribution in [0, 0.1) is 0 Å². The monoisotopic (exact) mass is 582 g/mol. The summed E-state index contributed by atoms with van der Waals surface area (Å²) in [4.78, 5) is 21.0. The van der Waals surface area contributed by atoms with Crippen molar-refractivity contribution in [2.24, 2.45) is 0 Å². The van der Waals surface area contributed by atoms with Gasteiger partial charge in [0.15, 0.2) is 5.11 Å². The number of rotatable bonds is 8. The highest BCUT2D eigenvalue weighted by Crippen LogP contribution is 2.27. The SMILES string of the molecule is CN1CCN(CCCn2c(=O)n(C3CCN(C(=S)NC(c4ccccc4)c4ccccc4)CC3)c3ccccc32)CC1. The van der Waals surface area contributed by atoms with Crippen LogP contribution in [-0.4, -0.2) is 81.8 Å². The summed E-state index contributed by atoms with van der Waals surface area (Å²) in [6.07, 6.45) is 2.76. The summed E-state index contributed by atoms with van der Waals surface area (Å²) in [6.45, 7) is 7.90. The van der Waals surface area contributed by atoms with E-state index in [0.29, 0.717) is 0 Å². The van der Waals surface area contributed by atoms with Gasteiger partial charge in [-0.05, 0) is 68.3 Å². The van der Waals surface area contributed by atoms with Gasteiger partial charge in [-0.3, -0.25) is 9.13 Å². The highest BCUT2D eigenvalue weighted by molar-refractivity contribution is 7.80. The van der Waals surface area contributed by atoms with E-state index in [-0.39, 0.29) is 17.8 Å². The van der Waals surface area contributed by atoms with Crippen molar-refractivity contribution in [2.75, 3.05) is 52.9 Å². The van der Waals surface area contributed by atoms with Gasteiger partial charge in [-0.2, -0.15) is 0 Å². The van der Waals surface area contributed by atoms with Gasteiger partial charge in [0.1, 0.15) is 0 Å². The number of likely N-dealkylation sites (tertiary alicyclic amines) is 1. The molecule has 42 heavy (non-hydrogen) atoms. The summed E-state index contributed by atoms with van der Waals surface area (Å²) in [5.74, 6) is 0. The van der Waals surface area contributed by atoms with Crippen LogP contribution >= 0.6 is 12.2 Å².